The van der Waals surface area contributed by atoms with Gasteiger partial charge in [-0.15, -0.1) is 0 Å². The molecule has 4 heteroatoms. The molecule has 0 amide bonds. The quantitative estimate of drug-likeness (QED) is 0.789. The van der Waals surface area contributed by atoms with Crippen LogP contribution in [0.5, 0.6) is 11.5 Å². The van der Waals surface area contributed by atoms with Crippen LogP contribution in [0.15, 0.2) is 36.4 Å². The molecule has 110 valence electrons. The minimum Gasteiger partial charge on any atom is -0.497 e. The summed E-state index contributed by atoms with van der Waals surface area (Å²) >= 11 is 0. The van der Waals surface area contributed by atoms with Gasteiger partial charge in [-0.05, 0) is 42.3 Å². The molecule has 2 aromatic rings. The van der Waals surface area contributed by atoms with Gasteiger partial charge in [0.2, 0.25) is 0 Å². The zero-order valence-electron chi connectivity index (χ0n) is 12.3. The first-order valence-corrected chi connectivity index (χ1v) is 6.55. The molecule has 0 saturated heterocycles. The SMILES string of the molecule is COc1ccc(C(=O)Cc2ccc(F)cc2C)c(OC)c1. The molecule has 0 saturated carbocycles. The zero-order chi connectivity index (χ0) is 15.4. The topological polar surface area (TPSA) is 35.5 Å². The predicted octanol–water partition coefficient (Wildman–Crippen LogP) is 3.58. The maximum atomic E-state index is 13.1. The number of Topliss-reactive ketones (excluding diaryl/α,β-unsaturated/α-hetero) is 1. The Morgan fingerprint density at radius 2 is 1.86 bits per heavy atom. The van der Waals surface area contributed by atoms with Crippen molar-refractivity contribution < 1.29 is 18.7 Å². The van der Waals surface area contributed by atoms with E-state index in [0.717, 1.165) is 11.1 Å². The van der Waals surface area contributed by atoms with Gasteiger partial charge in [0.15, 0.2) is 5.78 Å². The number of hydrogen-bond acceptors (Lipinski definition) is 3. The third kappa shape index (κ3) is 3.40. The molecular weight excluding hydrogens is 271 g/mol. The van der Waals surface area contributed by atoms with Gasteiger partial charge in [0.25, 0.3) is 0 Å². The fraction of sp³-hybridized carbons (Fsp3) is 0.235. The number of methoxy groups -OCH3 is 2. The van der Waals surface area contributed by atoms with E-state index in [0.29, 0.717) is 17.1 Å². The molecule has 0 aliphatic rings. The first kappa shape index (κ1) is 15.0. The third-order valence-corrected chi connectivity index (χ3v) is 3.36. The molecule has 0 atom stereocenters. The van der Waals surface area contributed by atoms with Gasteiger partial charge in [0.05, 0.1) is 19.8 Å². The van der Waals surface area contributed by atoms with Crippen molar-refractivity contribution in [3.05, 3.63) is 58.9 Å². The Labute approximate surface area is 123 Å². The van der Waals surface area contributed by atoms with Gasteiger partial charge in [0.1, 0.15) is 17.3 Å². The first-order chi connectivity index (χ1) is 10.0. The number of ketones is 1. The lowest BCUT2D eigenvalue weighted by Gasteiger charge is -2.10. The maximum Gasteiger partial charge on any atom is 0.170 e. The van der Waals surface area contributed by atoms with Gasteiger partial charge in [-0.2, -0.15) is 0 Å². The number of carbonyl (C=O) groups is 1. The van der Waals surface area contributed by atoms with Crippen LogP contribution in [0.4, 0.5) is 4.39 Å². The molecule has 0 aliphatic carbocycles. The van der Waals surface area contributed by atoms with E-state index in [9.17, 15) is 9.18 Å². The second-order valence-corrected chi connectivity index (χ2v) is 4.74. The lowest BCUT2D eigenvalue weighted by Crippen LogP contribution is -2.07. The van der Waals surface area contributed by atoms with Crippen LogP contribution in [0.2, 0.25) is 0 Å². The van der Waals surface area contributed by atoms with Crippen LogP contribution in [0, 0.1) is 12.7 Å². The fourth-order valence-electron chi connectivity index (χ4n) is 2.15. The first-order valence-electron chi connectivity index (χ1n) is 6.55. The molecule has 0 unspecified atom stereocenters. The van der Waals surface area contributed by atoms with Crippen molar-refractivity contribution in [2.45, 2.75) is 13.3 Å². The Morgan fingerprint density at radius 3 is 2.48 bits per heavy atom. The molecule has 0 radical (unpaired) electrons. The van der Waals surface area contributed by atoms with E-state index in [1.807, 2.05) is 0 Å². The predicted molar refractivity (Wildman–Crippen MR) is 78.7 cm³/mol. The summed E-state index contributed by atoms with van der Waals surface area (Å²) in [7, 11) is 3.06. The summed E-state index contributed by atoms with van der Waals surface area (Å²) in [6.45, 7) is 1.79. The van der Waals surface area contributed by atoms with Gasteiger partial charge in [-0.25, -0.2) is 4.39 Å². The van der Waals surface area contributed by atoms with Gasteiger partial charge >= 0.3 is 0 Å². The summed E-state index contributed by atoms with van der Waals surface area (Å²) in [4.78, 5) is 12.4. The van der Waals surface area contributed by atoms with Crippen molar-refractivity contribution in [3.63, 3.8) is 0 Å². The van der Waals surface area contributed by atoms with E-state index < -0.39 is 0 Å². The number of hydrogen-bond donors (Lipinski definition) is 0. The molecule has 21 heavy (non-hydrogen) atoms. The molecule has 0 spiro atoms. The Hall–Kier alpha value is -2.36. The summed E-state index contributed by atoms with van der Waals surface area (Å²) in [5.41, 5.74) is 2.05. The summed E-state index contributed by atoms with van der Waals surface area (Å²) in [5, 5.41) is 0. The lowest BCUT2D eigenvalue weighted by molar-refractivity contribution is 0.0989. The van der Waals surface area contributed by atoms with Crippen LogP contribution in [-0.4, -0.2) is 20.0 Å². The van der Waals surface area contributed by atoms with Crippen LogP contribution in [0.3, 0.4) is 0 Å². The van der Waals surface area contributed by atoms with Gasteiger partial charge in [-0.3, -0.25) is 4.79 Å². The van der Waals surface area contributed by atoms with Gasteiger partial charge in [-0.1, -0.05) is 6.07 Å². The Morgan fingerprint density at radius 1 is 1.10 bits per heavy atom. The zero-order valence-corrected chi connectivity index (χ0v) is 12.3. The largest absolute Gasteiger partial charge is 0.497 e. The summed E-state index contributed by atoms with van der Waals surface area (Å²) < 4.78 is 23.4. The fourth-order valence-corrected chi connectivity index (χ4v) is 2.15. The average Bonchev–Trinajstić information content (AvgIpc) is 2.49. The molecule has 2 aromatic carbocycles. The average molecular weight is 288 g/mol. The highest BCUT2D eigenvalue weighted by Gasteiger charge is 2.15. The highest BCUT2D eigenvalue weighted by Crippen LogP contribution is 2.26. The van der Waals surface area contributed by atoms with Crippen LogP contribution in [0.1, 0.15) is 21.5 Å². The van der Waals surface area contributed by atoms with Crippen LogP contribution >= 0.6 is 0 Å². The third-order valence-electron chi connectivity index (χ3n) is 3.36. The Bertz CT molecular complexity index is 665. The van der Waals surface area contributed by atoms with Crippen LogP contribution in [-0.2, 0) is 6.42 Å². The van der Waals surface area contributed by atoms with Crippen molar-refractivity contribution in [2.24, 2.45) is 0 Å². The Balaban J connectivity index is 2.28. The number of aryl methyl sites for hydroxylation is 1. The molecule has 0 N–H and O–H groups in total. The summed E-state index contributed by atoms with van der Waals surface area (Å²) in [6.07, 6.45) is 0.203. The molecular formula is C17H17FO3. The second kappa shape index (κ2) is 6.39. The molecule has 0 aliphatic heterocycles. The summed E-state index contributed by atoms with van der Waals surface area (Å²) in [5.74, 6) is 0.718. The van der Waals surface area contributed by atoms with Crippen molar-refractivity contribution in [3.8, 4) is 11.5 Å². The van der Waals surface area contributed by atoms with Crippen molar-refractivity contribution in [1.29, 1.82) is 0 Å². The Kier molecular flexibility index (Phi) is 4.58. The molecule has 0 fully saturated rings. The second-order valence-electron chi connectivity index (χ2n) is 4.74. The van der Waals surface area contributed by atoms with E-state index in [-0.39, 0.29) is 18.0 Å². The minimum atomic E-state index is -0.300. The number of halogens is 1. The highest BCUT2D eigenvalue weighted by atomic mass is 19.1. The minimum absolute atomic E-state index is 0.0794. The molecule has 0 bridgehead atoms. The van der Waals surface area contributed by atoms with E-state index >= 15 is 0 Å². The smallest absolute Gasteiger partial charge is 0.170 e. The van der Waals surface area contributed by atoms with E-state index in [4.69, 9.17) is 9.47 Å². The van der Waals surface area contributed by atoms with Crippen LogP contribution < -0.4 is 9.47 Å². The number of carbonyl (C=O) groups excluding carboxylic acids is 1. The molecule has 2 rings (SSSR count). The number of ether oxygens (including phenoxy) is 2. The summed E-state index contributed by atoms with van der Waals surface area (Å²) in [6, 6.07) is 9.49. The standard InChI is InChI=1S/C17H17FO3/c1-11-8-13(18)5-4-12(11)9-16(19)15-7-6-14(20-2)10-17(15)21-3/h4-8,10H,9H2,1-3H3. The van der Waals surface area contributed by atoms with E-state index in [1.165, 1.54) is 19.2 Å². The molecule has 0 aromatic heterocycles. The van der Waals surface area contributed by atoms with Gasteiger partial charge in [0, 0.05) is 12.5 Å². The van der Waals surface area contributed by atoms with Crippen LogP contribution in [0.25, 0.3) is 0 Å². The van der Waals surface area contributed by atoms with Gasteiger partial charge < -0.3 is 9.47 Å². The maximum absolute atomic E-state index is 13.1. The van der Waals surface area contributed by atoms with Crippen molar-refractivity contribution in [1.82, 2.24) is 0 Å². The van der Waals surface area contributed by atoms with Crippen molar-refractivity contribution >= 4 is 5.78 Å². The lowest BCUT2D eigenvalue weighted by atomic mass is 9.99. The van der Waals surface area contributed by atoms with E-state index in [2.05, 4.69) is 0 Å². The monoisotopic (exact) mass is 288 g/mol. The van der Waals surface area contributed by atoms with Crippen molar-refractivity contribution in [2.75, 3.05) is 14.2 Å². The highest BCUT2D eigenvalue weighted by molar-refractivity contribution is 6.00. The normalized spacial score (nSPS) is 10.3. The number of benzene rings is 2. The molecule has 3 nitrogen and oxygen atoms in total. The number of rotatable bonds is 5. The van der Waals surface area contributed by atoms with E-state index in [1.54, 1.807) is 38.3 Å². The molecule has 0 heterocycles.